The topological polar surface area (TPSA) is 343 Å². The Morgan fingerprint density at radius 2 is 0.591 bits per heavy atom. The predicted molar refractivity (Wildman–Crippen MR) is 83.2 cm³/mol. The molecule has 0 aliphatic rings. The third kappa shape index (κ3) is 54.3. The molecule has 0 saturated heterocycles. The summed E-state index contributed by atoms with van der Waals surface area (Å²) in [5.74, 6) is -1.69. The summed E-state index contributed by atoms with van der Waals surface area (Å²) in [5, 5.41) is 19.4. The minimum absolute atomic E-state index is 0. The van der Waals surface area contributed by atoms with Crippen molar-refractivity contribution in [3.8, 4) is 0 Å². The van der Waals surface area contributed by atoms with Crippen molar-refractivity contribution in [1.82, 2.24) is 0 Å². The number of nitrogens with one attached hydrogen (secondary N) is 3. The van der Waals surface area contributed by atoms with Crippen LogP contribution in [0.5, 0.6) is 0 Å². The second-order valence-electron chi connectivity index (χ2n) is 2.77. The Labute approximate surface area is 136 Å². The molecule has 0 spiro atoms. The predicted octanol–water partition coefficient (Wildman–Crippen LogP) is -5.54. The maximum atomic E-state index is 6.46. The van der Waals surface area contributed by atoms with Gasteiger partial charge in [0.2, 0.25) is 17.9 Å². The molecule has 0 rings (SSSR count). The Balaban J connectivity index is -0.000000108. The Kier molecular flexibility index (Phi) is 19.5. The number of guanidine groups is 6. The van der Waals surface area contributed by atoms with Crippen molar-refractivity contribution in [2.45, 2.75) is 0 Å². The van der Waals surface area contributed by atoms with E-state index in [1.54, 1.807) is 0 Å². The Morgan fingerprint density at radius 3 is 0.591 bits per heavy atom. The summed E-state index contributed by atoms with van der Waals surface area (Å²) in [6.07, 6.45) is 0. The molecule has 15 nitrogen and oxygen atoms in total. The van der Waals surface area contributed by atoms with Crippen LogP contribution in [0.2, 0.25) is 0 Å². The first-order valence-electron chi connectivity index (χ1n) is 4.69. The SMILES string of the molecule is N=C(N)N=C(N)N.N=C(N)N=C(N)N.N=C(N)N=C(N)N.[Co+3]. The molecule has 0 amide bonds. The monoisotopic (exact) mass is 362 g/mol. The summed E-state index contributed by atoms with van der Waals surface area (Å²) in [6.45, 7) is 0. The van der Waals surface area contributed by atoms with Crippen LogP contribution in [0.25, 0.3) is 0 Å². The fraction of sp³-hybridized carbons (Fsp3) is 0. The number of rotatable bonds is 0. The minimum atomic E-state index is -0.375. The third-order valence-corrected chi connectivity index (χ3v) is 0.749. The normalized spacial score (nSPS) is 7.09. The Morgan fingerprint density at radius 1 is 0.455 bits per heavy atom. The van der Waals surface area contributed by atoms with Crippen LogP contribution in [0, 0.1) is 16.2 Å². The molecule has 0 atom stereocenters. The van der Waals surface area contributed by atoms with E-state index in [4.69, 9.17) is 67.8 Å². The quantitative estimate of drug-likeness (QED) is 0.144. The van der Waals surface area contributed by atoms with Gasteiger partial charge in [0.05, 0.1) is 0 Å². The third-order valence-electron chi connectivity index (χ3n) is 0.749. The second kappa shape index (κ2) is 15.8. The van der Waals surface area contributed by atoms with Crippen LogP contribution in [0.3, 0.4) is 0 Å². The molecule has 16 heteroatoms. The molecule has 0 heterocycles. The van der Waals surface area contributed by atoms with Gasteiger partial charge in [-0.1, -0.05) is 0 Å². The average Bonchev–Trinajstić information content (AvgIpc) is 2.10. The van der Waals surface area contributed by atoms with Crippen molar-refractivity contribution in [2.75, 3.05) is 0 Å². The van der Waals surface area contributed by atoms with Gasteiger partial charge in [0.1, 0.15) is 0 Å². The van der Waals surface area contributed by atoms with Crippen LogP contribution in [-0.4, -0.2) is 35.8 Å². The molecule has 0 aromatic carbocycles. The maximum absolute atomic E-state index is 6.46. The molecule has 0 aliphatic heterocycles. The first-order chi connectivity index (χ1) is 9.38. The average molecular weight is 362 g/mol. The largest absolute Gasteiger partial charge is 3.00 e. The zero-order valence-corrected chi connectivity index (χ0v) is 12.4. The van der Waals surface area contributed by atoms with Gasteiger partial charge < -0.3 is 51.6 Å². The molecular weight excluding hydrogens is 341 g/mol. The van der Waals surface area contributed by atoms with Gasteiger partial charge in [0, 0.05) is 0 Å². The zero-order chi connectivity index (χ0) is 17.6. The Bertz CT molecular complexity index is 368. The van der Waals surface area contributed by atoms with Gasteiger partial charge in [-0.3, -0.25) is 16.2 Å². The van der Waals surface area contributed by atoms with Crippen molar-refractivity contribution in [2.24, 2.45) is 66.6 Å². The summed E-state index contributed by atoms with van der Waals surface area (Å²) in [7, 11) is 0. The van der Waals surface area contributed by atoms with E-state index in [-0.39, 0.29) is 52.5 Å². The van der Waals surface area contributed by atoms with E-state index in [9.17, 15) is 0 Å². The molecular formula is C6H21CoN15+3. The Hall–Kier alpha value is -3.27. The van der Waals surface area contributed by atoms with Crippen molar-refractivity contribution >= 4 is 35.8 Å². The van der Waals surface area contributed by atoms with Crippen molar-refractivity contribution in [3.05, 3.63) is 0 Å². The first kappa shape index (κ1) is 27.1. The van der Waals surface area contributed by atoms with Crippen molar-refractivity contribution in [3.63, 3.8) is 0 Å². The van der Waals surface area contributed by atoms with Gasteiger partial charge >= 0.3 is 16.8 Å². The van der Waals surface area contributed by atoms with Gasteiger partial charge in [-0.2, -0.15) is 15.0 Å². The van der Waals surface area contributed by atoms with Crippen LogP contribution >= 0.6 is 0 Å². The van der Waals surface area contributed by atoms with E-state index < -0.39 is 0 Å². The van der Waals surface area contributed by atoms with E-state index in [1.807, 2.05) is 0 Å². The van der Waals surface area contributed by atoms with E-state index in [0.29, 0.717) is 0 Å². The summed E-state index contributed by atoms with van der Waals surface area (Å²) in [5.41, 5.74) is 43.0. The molecule has 0 unspecified atom stereocenters. The van der Waals surface area contributed by atoms with Crippen LogP contribution in [0.15, 0.2) is 15.0 Å². The molecule has 21 N–H and O–H groups in total. The molecule has 0 bridgehead atoms. The van der Waals surface area contributed by atoms with Crippen LogP contribution in [0.1, 0.15) is 0 Å². The number of nitrogens with two attached hydrogens (primary N) is 9. The molecule has 22 heavy (non-hydrogen) atoms. The zero-order valence-electron chi connectivity index (χ0n) is 11.4. The van der Waals surface area contributed by atoms with Crippen LogP contribution in [0.4, 0.5) is 0 Å². The van der Waals surface area contributed by atoms with E-state index >= 15 is 0 Å². The van der Waals surface area contributed by atoms with E-state index in [1.165, 1.54) is 0 Å². The molecule has 0 fully saturated rings. The molecule has 0 aromatic rings. The first-order valence-corrected chi connectivity index (χ1v) is 4.69. The van der Waals surface area contributed by atoms with Gasteiger partial charge in [-0.15, -0.1) is 0 Å². The fourth-order valence-corrected chi connectivity index (χ4v) is 0.417. The van der Waals surface area contributed by atoms with Gasteiger partial charge in [-0.25, -0.2) is 0 Å². The van der Waals surface area contributed by atoms with Crippen LogP contribution < -0.4 is 51.6 Å². The number of aliphatic imine (C=N–C) groups is 3. The molecule has 0 saturated carbocycles. The minimum Gasteiger partial charge on any atom is -0.370 e. The van der Waals surface area contributed by atoms with Gasteiger partial charge in [0.25, 0.3) is 0 Å². The number of hydrogen-bond donors (Lipinski definition) is 12. The van der Waals surface area contributed by atoms with E-state index in [0.717, 1.165) is 0 Å². The van der Waals surface area contributed by atoms with Crippen molar-refractivity contribution in [1.29, 1.82) is 16.2 Å². The molecule has 126 valence electrons. The summed E-state index contributed by atoms with van der Waals surface area (Å²) >= 11 is 0. The molecule has 0 aliphatic carbocycles. The summed E-state index contributed by atoms with van der Waals surface area (Å²) in [6, 6.07) is 0. The summed E-state index contributed by atoms with van der Waals surface area (Å²) in [4.78, 5) is 9.33. The van der Waals surface area contributed by atoms with E-state index in [2.05, 4.69) is 15.0 Å². The number of hydrogen-bond acceptors (Lipinski definition) is 3. The van der Waals surface area contributed by atoms with Gasteiger partial charge in [-0.05, 0) is 0 Å². The standard InChI is InChI=1S/3C2H7N5.Co/c3*3-1(4)7-2(5)6;/h3*(H7,3,4,5,6,7);/q;;;+3. The maximum Gasteiger partial charge on any atom is 3.00 e. The van der Waals surface area contributed by atoms with Crippen LogP contribution in [-0.2, 0) is 16.8 Å². The fourth-order valence-electron chi connectivity index (χ4n) is 0.417. The summed E-state index contributed by atoms with van der Waals surface area (Å²) < 4.78 is 0. The molecule has 0 radical (unpaired) electrons. The number of nitrogens with zero attached hydrogens (tertiary/aromatic N) is 3. The smallest absolute Gasteiger partial charge is 0.370 e. The molecule has 0 aromatic heterocycles. The van der Waals surface area contributed by atoms with Crippen molar-refractivity contribution < 1.29 is 16.8 Å². The van der Waals surface area contributed by atoms with Gasteiger partial charge in [0.15, 0.2) is 17.9 Å². The second-order valence-corrected chi connectivity index (χ2v) is 2.77.